The molecule has 2 aliphatic carbocycles. The first-order valence-corrected chi connectivity index (χ1v) is 13.7. The predicted octanol–water partition coefficient (Wildman–Crippen LogP) is 4.71. The average Bonchev–Trinajstić information content (AvgIpc) is 3.65. The largest absolute Gasteiger partial charge is 0.341 e. The topological polar surface area (TPSA) is 90.0 Å². The van der Waals surface area contributed by atoms with Crippen LogP contribution in [0.2, 0.25) is 0 Å². The van der Waals surface area contributed by atoms with E-state index in [0.29, 0.717) is 17.3 Å². The minimum Gasteiger partial charge on any atom is -0.341 e. The number of imidazole rings is 1. The summed E-state index contributed by atoms with van der Waals surface area (Å²) >= 11 is 0. The van der Waals surface area contributed by atoms with E-state index in [2.05, 4.69) is 38.9 Å². The van der Waals surface area contributed by atoms with Crippen LogP contribution < -0.4 is 10.2 Å². The Morgan fingerprint density at radius 3 is 2.63 bits per heavy atom. The van der Waals surface area contributed by atoms with Crippen molar-refractivity contribution in [1.29, 1.82) is 0 Å². The molecule has 0 radical (unpaired) electrons. The van der Waals surface area contributed by atoms with E-state index in [1.165, 1.54) is 36.9 Å². The van der Waals surface area contributed by atoms with Crippen molar-refractivity contribution in [3.8, 4) is 0 Å². The van der Waals surface area contributed by atoms with E-state index in [1.54, 1.807) is 0 Å². The van der Waals surface area contributed by atoms with Crippen molar-refractivity contribution in [2.24, 2.45) is 5.41 Å². The summed E-state index contributed by atoms with van der Waals surface area (Å²) in [5.74, 6) is 3.16. The smallest absolute Gasteiger partial charge is 0.245 e. The van der Waals surface area contributed by atoms with Crippen molar-refractivity contribution in [3.05, 3.63) is 23.1 Å². The van der Waals surface area contributed by atoms with Gasteiger partial charge in [-0.3, -0.25) is 4.79 Å². The molecule has 1 saturated carbocycles. The molecular formula is C27H39N7O. The summed E-state index contributed by atoms with van der Waals surface area (Å²) in [4.78, 5) is 35.9. The molecule has 2 aromatic rings. The number of aromatic nitrogens is 4. The second-order valence-corrected chi connectivity index (χ2v) is 11.8. The van der Waals surface area contributed by atoms with E-state index in [4.69, 9.17) is 9.97 Å². The average molecular weight is 478 g/mol. The van der Waals surface area contributed by atoms with Crippen LogP contribution in [0.5, 0.6) is 0 Å². The van der Waals surface area contributed by atoms with Gasteiger partial charge in [-0.05, 0) is 63.2 Å². The lowest BCUT2D eigenvalue weighted by Crippen LogP contribution is -2.50. The van der Waals surface area contributed by atoms with E-state index in [0.717, 1.165) is 82.0 Å². The van der Waals surface area contributed by atoms with Crippen LogP contribution in [0.4, 0.5) is 17.7 Å². The fourth-order valence-corrected chi connectivity index (χ4v) is 6.41. The van der Waals surface area contributed by atoms with Gasteiger partial charge in [-0.1, -0.05) is 26.7 Å². The molecule has 4 heterocycles. The van der Waals surface area contributed by atoms with Gasteiger partial charge in [0.2, 0.25) is 17.8 Å². The van der Waals surface area contributed by atoms with Crippen molar-refractivity contribution >= 4 is 23.6 Å². The maximum Gasteiger partial charge on any atom is 0.245 e. The van der Waals surface area contributed by atoms with Gasteiger partial charge in [-0.2, -0.15) is 4.98 Å². The number of fused-ring (bicyclic) bond motifs is 1. The number of rotatable bonds is 5. The number of amides is 1. The van der Waals surface area contributed by atoms with Crippen molar-refractivity contribution in [3.63, 3.8) is 0 Å². The molecule has 8 nitrogen and oxygen atoms in total. The number of hydrogen-bond acceptors (Lipinski definition) is 6. The van der Waals surface area contributed by atoms with Crippen LogP contribution in [-0.2, 0) is 17.6 Å². The molecule has 1 amide bonds. The number of aryl methyl sites for hydroxylation is 1. The van der Waals surface area contributed by atoms with Crippen molar-refractivity contribution < 1.29 is 4.79 Å². The second kappa shape index (κ2) is 9.10. The molecule has 8 heteroatoms. The van der Waals surface area contributed by atoms with Gasteiger partial charge >= 0.3 is 0 Å². The Balaban J connectivity index is 1.23. The summed E-state index contributed by atoms with van der Waals surface area (Å²) in [5.41, 5.74) is 3.89. The van der Waals surface area contributed by atoms with Gasteiger partial charge in [0.05, 0.1) is 11.9 Å². The molecule has 2 N–H and O–H groups in total. The van der Waals surface area contributed by atoms with Gasteiger partial charge in [-0.15, -0.1) is 0 Å². The predicted molar refractivity (Wildman–Crippen MR) is 137 cm³/mol. The van der Waals surface area contributed by atoms with Crippen molar-refractivity contribution in [2.75, 3.05) is 29.9 Å². The number of nitrogens with one attached hydrogen (secondary N) is 2. The number of hydrogen-bond donors (Lipinski definition) is 2. The first kappa shape index (κ1) is 22.8. The molecule has 2 saturated heterocycles. The molecule has 0 spiro atoms. The minimum absolute atomic E-state index is 0.152. The van der Waals surface area contributed by atoms with Crippen LogP contribution in [0.3, 0.4) is 0 Å². The van der Waals surface area contributed by atoms with Crippen LogP contribution >= 0.6 is 0 Å². The zero-order valence-electron chi connectivity index (χ0n) is 21.3. The Bertz CT molecular complexity index is 1080. The Labute approximate surface area is 208 Å². The maximum atomic E-state index is 13.5. The van der Waals surface area contributed by atoms with Crippen molar-refractivity contribution in [2.45, 2.75) is 96.4 Å². The standard InChI is InChI=1S/C27H39N7O/c1-27(2)12-15-33(16-13-27)24(35)22-11-6-14-34(22)26-30-20-10-5-9-19(20)23(32-26)31-25-28-17-21(29-25)18-7-3-4-8-18/h17-18,22H,3-16H2,1-2H3,(H2,28,29,30,31,32)/t22-/m0/s1. The summed E-state index contributed by atoms with van der Waals surface area (Å²) in [7, 11) is 0. The van der Waals surface area contributed by atoms with E-state index >= 15 is 0 Å². The van der Waals surface area contributed by atoms with Gasteiger partial charge in [0.15, 0.2) is 0 Å². The highest BCUT2D eigenvalue weighted by Crippen LogP contribution is 2.36. The maximum absolute atomic E-state index is 13.5. The highest BCUT2D eigenvalue weighted by molar-refractivity contribution is 5.85. The number of carbonyl (C=O) groups excluding carboxylic acids is 1. The Hall–Kier alpha value is -2.64. The van der Waals surface area contributed by atoms with Crippen LogP contribution in [0, 0.1) is 5.41 Å². The Morgan fingerprint density at radius 1 is 1.03 bits per heavy atom. The molecule has 0 bridgehead atoms. The molecular weight excluding hydrogens is 438 g/mol. The summed E-state index contributed by atoms with van der Waals surface area (Å²) in [6.45, 7) is 7.16. The van der Waals surface area contributed by atoms with E-state index < -0.39 is 0 Å². The molecule has 35 heavy (non-hydrogen) atoms. The number of nitrogens with zero attached hydrogens (tertiary/aromatic N) is 5. The zero-order chi connectivity index (χ0) is 24.0. The Kier molecular flexibility index (Phi) is 5.93. The molecule has 1 atom stereocenters. The van der Waals surface area contributed by atoms with Crippen molar-refractivity contribution in [1.82, 2.24) is 24.8 Å². The summed E-state index contributed by atoms with van der Waals surface area (Å²) in [6.07, 6.45) is 14.2. The number of aromatic amines is 1. The lowest BCUT2D eigenvalue weighted by molar-refractivity contribution is -0.134. The first-order chi connectivity index (χ1) is 17.0. The van der Waals surface area contributed by atoms with Crippen LogP contribution in [-0.4, -0.2) is 56.4 Å². The van der Waals surface area contributed by atoms with Gasteiger partial charge in [-0.25, -0.2) is 9.97 Å². The minimum atomic E-state index is -0.152. The van der Waals surface area contributed by atoms with Gasteiger partial charge < -0.3 is 20.1 Å². The van der Waals surface area contributed by atoms with Gasteiger partial charge in [0.1, 0.15) is 11.9 Å². The molecule has 0 aromatic carbocycles. The number of carbonyl (C=O) groups is 1. The summed E-state index contributed by atoms with van der Waals surface area (Å²) < 4.78 is 0. The fraction of sp³-hybridized carbons (Fsp3) is 0.704. The summed E-state index contributed by atoms with van der Waals surface area (Å²) in [6, 6.07) is -0.152. The van der Waals surface area contributed by atoms with Crippen LogP contribution in [0.25, 0.3) is 0 Å². The lowest BCUT2D eigenvalue weighted by Gasteiger charge is -2.39. The number of anilines is 3. The number of H-pyrrole nitrogens is 1. The quantitative estimate of drug-likeness (QED) is 0.648. The van der Waals surface area contributed by atoms with Gasteiger partial charge in [0.25, 0.3) is 0 Å². The second-order valence-electron chi connectivity index (χ2n) is 11.8. The Morgan fingerprint density at radius 2 is 1.83 bits per heavy atom. The normalized spacial score (nSPS) is 24.2. The molecule has 4 aliphatic rings. The third-order valence-electron chi connectivity index (χ3n) is 8.77. The van der Waals surface area contributed by atoms with Gasteiger partial charge in [0, 0.05) is 36.8 Å². The highest BCUT2D eigenvalue weighted by atomic mass is 16.2. The first-order valence-electron chi connectivity index (χ1n) is 13.7. The molecule has 3 fully saturated rings. The summed E-state index contributed by atoms with van der Waals surface area (Å²) in [5, 5.41) is 3.49. The third-order valence-corrected chi connectivity index (χ3v) is 8.77. The number of likely N-dealkylation sites (tertiary alicyclic amines) is 1. The van der Waals surface area contributed by atoms with Crippen LogP contribution in [0.15, 0.2) is 6.20 Å². The van der Waals surface area contributed by atoms with Crippen LogP contribution in [0.1, 0.15) is 94.5 Å². The monoisotopic (exact) mass is 477 g/mol. The molecule has 0 unspecified atom stereocenters. The molecule has 6 rings (SSSR count). The van der Waals surface area contributed by atoms with E-state index in [9.17, 15) is 4.79 Å². The fourth-order valence-electron chi connectivity index (χ4n) is 6.41. The lowest BCUT2D eigenvalue weighted by atomic mass is 9.82. The SMILES string of the molecule is CC1(C)CCN(C(=O)[C@@H]2CCCN2c2nc3c(c(Nc4ncc(C5CCCC5)[nH]4)n2)CCC3)CC1. The van der Waals surface area contributed by atoms with E-state index in [1.807, 2.05) is 6.20 Å². The zero-order valence-corrected chi connectivity index (χ0v) is 21.3. The number of piperidine rings is 1. The highest BCUT2D eigenvalue weighted by Gasteiger charge is 2.38. The molecule has 2 aliphatic heterocycles. The molecule has 188 valence electrons. The third kappa shape index (κ3) is 4.52. The van der Waals surface area contributed by atoms with E-state index in [-0.39, 0.29) is 11.9 Å². The molecule has 2 aromatic heterocycles.